The van der Waals surface area contributed by atoms with Crippen LogP contribution in [-0.2, 0) is 0 Å². The summed E-state index contributed by atoms with van der Waals surface area (Å²) in [6.45, 7) is 0. The number of fused-ring (bicyclic) bond motifs is 9. The maximum atomic E-state index is 10.6. The normalized spacial score (nSPS) is 16.8. The summed E-state index contributed by atoms with van der Waals surface area (Å²) in [5.74, 6) is -0.210. The Morgan fingerprint density at radius 1 is 0.475 bits per heavy atom. The van der Waals surface area contributed by atoms with Gasteiger partial charge in [0.25, 0.3) is 0 Å². The van der Waals surface area contributed by atoms with Crippen molar-refractivity contribution >= 4 is 76.7 Å². The SMILES string of the molecule is N#CC1=CC(n2c3ccccc3c3ccccc32)=CC(c2cc(-n3c4ccccc4c4ccccc43)cc(C3=CC(n4c5ccccc5c5ccccc54)CC(C#N)=C3)n2)C1. The van der Waals surface area contributed by atoms with Crippen LogP contribution in [-0.4, -0.2) is 18.7 Å². The Morgan fingerprint density at radius 3 is 1.43 bits per heavy atom. The van der Waals surface area contributed by atoms with Crippen molar-refractivity contribution in [3.05, 3.63) is 205 Å². The van der Waals surface area contributed by atoms with E-state index in [0.717, 1.165) is 61.4 Å². The highest BCUT2D eigenvalue weighted by molar-refractivity contribution is 6.11. The smallest absolute Gasteiger partial charge is 0.0948 e. The molecule has 2 aliphatic rings. The van der Waals surface area contributed by atoms with Gasteiger partial charge in [0.05, 0.1) is 57.3 Å². The summed E-state index contributed by atoms with van der Waals surface area (Å²) < 4.78 is 7.01. The lowest BCUT2D eigenvalue weighted by molar-refractivity contribution is 0.639. The zero-order valence-corrected chi connectivity index (χ0v) is 33.1. The molecule has 6 aromatic carbocycles. The zero-order chi connectivity index (χ0) is 40.6. The van der Waals surface area contributed by atoms with Crippen molar-refractivity contribution in [3.8, 4) is 17.8 Å². The molecule has 0 bridgehead atoms. The van der Waals surface area contributed by atoms with Gasteiger partial charge in [-0.2, -0.15) is 10.5 Å². The lowest BCUT2D eigenvalue weighted by Gasteiger charge is -2.25. The minimum Gasteiger partial charge on any atom is -0.333 e. The molecule has 286 valence electrons. The van der Waals surface area contributed by atoms with E-state index in [9.17, 15) is 10.5 Å². The highest BCUT2D eigenvalue weighted by Crippen LogP contribution is 2.42. The number of aromatic nitrogens is 4. The summed E-state index contributed by atoms with van der Waals surface area (Å²) in [6, 6.07) is 60.5. The molecule has 0 radical (unpaired) electrons. The van der Waals surface area contributed by atoms with Gasteiger partial charge in [0.1, 0.15) is 0 Å². The first-order valence-electron chi connectivity index (χ1n) is 20.8. The van der Waals surface area contributed by atoms with Gasteiger partial charge in [-0.25, -0.2) is 0 Å². The summed E-state index contributed by atoms with van der Waals surface area (Å²) in [6.07, 6.45) is 9.73. The molecule has 6 nitrogen and oxygen atoms in total. The van der Waals surface area contributed by atoms with Crippen molar-refractivity contribution in [2.45, 2.75) is 24.8 Å². The summed E-state index contributed by atoms with van der Waals surface area (Å²) in [4.78, 5) is 5.53. The van der Waals surface area contributed by atoms with Crippen LogP contribution in [0.1, 0.15) is 36.2 Å². The van der Waals surface area contributed by atoms with Crippen molar-refractivity contribution in [2.24, 2.45) is 0 Å². The van der Waals surface area contributed by atoms with Crippen LogP contribution in [0.5, 0.6) is 0 Å². The Bertz CT molecular complexity index is 3540. The maximum Gasteiger partial charge on any atom is 0.0948 e. The van der Waals surface area contributed by atoms with Crippen LogP contribution in [0.4, 0.5) is 0 Å². The topological polar surface area (TPSA) is 75.3 Å². The molecular weight excluding hydrogens is 745 g/mol. The van der Waals surface area contributed by atoms with Crippen LogP contribution in [0.25, 0.3) is 82.4 Å². The zero-order valence-electron chi connectivity index (χ0n) is 33.1. The van der Waals surface area contributed by atoms with Crippen molar-refractivity contribution in [1.82, 2.24) is 18.7 Å². The first kappa shape index (κ1) is 34.8. The second-order valence-corrected chi connectivity index (χ2v) is 16.1. The molecule has 6 heteroatoms. The summed E-state index contributed by atoms with van der Waals surface area (Å²) in [5, 5.41) is 28.3. The summed E-state index contributed by atoms with van der Waals surface area (Å²) in [7, 11) is 0. The van der Waals surface area contributed by atoms with Gasteiger partial charge in [-0.1, -0.05) is 121 Å². The molecule has 0 spiro atoms. The maximum absolute atomic E-state index is 10.6. The highest BCUT2D eigenvalue weighted by Gasteiger charge is 2.27. The second-order valence-electron chi connectivity index (χ2n) is 16.1. The van der Waals surface area contributed by atoms with Gasteiger partial charge < -0.3 is 13.7 Å². The van der Waals surface area contributed by atoms with Crippen molar-refractivity contribution in [2.75, 3.05) is 0 Å². The van der Waals surface area contributed by atoms with Crippen molar-refractivity contribution in [1.29, 1.82) is 10.5 Å². The number of benzene rings is 6. The Kier molecular flexibility index (Phi) is 7.82. The average Bonchev–Trinajstić information content (AvgIpc) is 3.97. The van der Waals surface area contributed by atoms with E-state index >= 15 is 0 Å². The lowest BCUT2D eigenvalue weighted by Crippen LogP contribution is -2.13. The van der Waals surface area contributed by atoms with E-state index in [4.69, 9.17) is 4.98 Å². The minimum atomic E-state index is -0.210. The highest BCUT2D eigenvalue weighted by atomic mass is 15.0. The Balaban J connectivity index is 1.10. The van der Waals surface area contributed by atoms with Crippen LogP contribution < -0.4 is 0 Å². The Morgan fingerprint density at radius 2 is 0.918 bits per heavy atom. The summed E-state index contributed by atoms with van der Waals surface area (Å²) in [5.41, 5.74) is 12.5. The number of hydrogen-bond acceptors (Lipinski definition) is 3. The number of rotatable bonds is 5. The summed E-state index contributed by atoms with van der Waals surface area (Å²) >= 11 is 0. The first-order valence-corrected chi connectivity index (χ1v) is 20.8. The molecule has 2 atom stereocenters. The third kappa shape index (κ3) is 5.43. The Hall–Kier alpha value is -8.19. The van der Waals surface area contributed by atoms with E-state index in [1.165, 1.54) is 32.3 Å². The fraction of sp³-hybridized carbons (Fsp3) is 0.0727. The van der Waals surface area contributed by atoms with Crippen LogP contribution in [0, 0.1) is 22.7 Å². The predicted molar refractivity (Wildman–Crippen MR) is 248 cm³/mol. The number of hydrogen-bond donors (Lipinski definition) is 0. The van der Waals surface area contributed by atoms with E-state index in [2.05, 4.69) is 196 Å². The average molecular weight is 781 g/mol. The fourth-order valence-corrected chi connectivity index (χ4v) is 10.1. The molecule has 0 N–H and O–H groups in total. The molecule has 0 saturated carbocycles. The third-order valence-corrected chi connectivity index (χ3v) is 12.7. The first-order chi connectivity index (χ1) is 30.1. The minimum absolute atomic E-state index is 0.119. The van der Waals surface area contributed by atoms with Crippen LogP contribution in [0.3, 0.4) is 0 Å². The van der Waals surface area contributed by atoms with E-state index in [-0.39, 0.29) is 12.0 Å². The molecule has 4 aromatic heterocycles. The van der Waals surface area contributed by atoms with Gasteiger partial charge in [0.15, 0.2) is 0 Å². The molecule has 10 aromatic rings. The predicted octanol–water partition coefficient (Wildman–Crippen LogP) is 13.4. The molecule has 4 heterocycles. The van der Waals surface area contributed by atoms with Gasteiger partial charge in [-0.05, 0) is 72.7 Å². The Labute approximate surface area is 351 Å². The number of pyridine rings is 1. The monoisotopic (exact) mass is 780 g/mol. The van der Waals surface area contributed by atoms with Crippen LogP contribution in [0.15, 0.2) is 193 Å². The molecule has 0 saturated heterocycles. The van der Waals surface area contributed by atoms with Gasteiger partial charge in [-0.15, -0.1) is 0 Å². The third-order valence-electron chi connectivity index (χ3n) is 12.7. The molecule has 0 fully saturated rings. The lowest BCUT2D eigenvalue weighted by atomic mass is 9.89. The van der Waals surface area contributed by atoms with Crippen molar-refractivity contribution < 1.29 is 0 Å². The number of allylic oxidation sites excluding steroid dienone is 8. The van der Waals surface area contributed by atoms with E-state index in [0.29, 0.717) is 24.0 Å². The molecular formula is C55H36N6. The molecule has 0 amide bonds. The number of nitrogens with zero attached hydrogens (tertiary/aromatic N) is 6. The van der Waals surface area contributed by atoms with E-state index in [1.807, 2.05) is 12.2 Å². The van der Waals surface area contributed by atoms with Gasteiger partial charge in [0, 0.05) is 72.5 Å². The molecule has 0 aliphatic heterocycles. The number of nitriles is 2. The van der Waals surface area contributed by atoms with Gasteiger partial charge in [-0.3, -0.25) is 4.98 Å². The van der Waals surface area contributed by atoms with Gasteiger partial charge >= 0.3 is 0 Å². The van der Waals surface area contributed by atoms with E-state index < -0.39 is 0 Å². The molecule has 2 aliphatic carbocycles. The molecule has 2 unspecified atom stereocenters. The van der Waals surface area contributed by atoms with Gasteiger partial charge in [0.2, 0.25) is 0 Å². The van der Waals surface area contributed by atoms with Crippen LogP contribution >= 0.6 is 0 Å². The van der Waals surface area contributed by atoms with E-state index in [1.54, 1.807) is 0 Å². The fourth-order valence-electron chi connectivity index (χ4n) is 10.1. The second kappa shape index (κ2) is 13.7. The molecule has 61 heavy (non-hydrogen) atoms. The number of para-hydroxylation sites is 6. The molecule has 12 rings (SSSR count). The largest absolute Gasteiger partial charge is 0.333 e. The van der Waals surface area contributed by atoms with Crippen LogP contribution in [0.2, 0.25) is 0 Å². The quantitative estimate of drug-likeness (QED) is 0.175. The van der Waals surface area contributed by atoms with Crippen molar-refractivity contribution in [3.63, 3.8) is 0 Å². The standard InChI is InChI=1S/C55H36N6/c56-33-35-25-37(29-39(27-35)59-50-19-7-1-13-42(50)43-14-2-8-20-51(43)59)48-31-41(61-54-23-11-5-17-46(54)47-18-6-12-24-55(47)61)32-49(58-48)38-26-36(34-57)28-40(30-38)60-52-21-9-3-15-44(52)45-16-4-10-22-53(45)60/h1-25,28-32,38-39H,26-27H2.